The van der Waals surface area contributed by atoms with Crippen molar-refractivity contribution in [1.29, 1.82) is 0 Å². The minimum absolute atomic E-state index is 0.291. The van der Waals surface area contributed by atoms with E-state index >= 15 is 0 Å². The molecule has 1 aromatic rings. The molecule has 19 heavy (non-hydrogen) atoms. The van der Waals surface area contributed by atoms with Crippen LogP contribution in [0.4, 0.5) is 0 Å². The van der Waals surface area contributed by atoms with Crippen molar-refractivity contribution in [2.24, 2.45) is 0 Å². The summed E-state index contributed by atoms with van der Waals surface area (Å²) in [7, 11) is 0. The molecule has 3 heterocycles. The maximum atomic E-state index is 5.81. The van der Waals surface area contributed by atoms with Crippen molar-refractivity contribution in [3.05, 3.63) is 23.8 Å². The molecule has 2 saturated heterocycles. The summed E-state index contributed by atoms with van der Waals surface area (Å²) in [6.45, 7) is 7.37. The average Bonchev–Trinajstić information content (AvgIpc) is 2.89. The van der Waals surface area contributed by atoms with Gasteiger partial charge in [0.05, 0.1) is 18.9 Å². The lowest BCUT2D eigenvalue weighted by molar-refractivity contribution is 0.00852. The number of ether oxygens (including phenoxy) is 2. The molecular weight excluding hydrogens is 242 g/mol. The van der Waals surface area contributed by atoms with Crippen LogP contribution in [0.2, 0.25) is 0 Å². The average molecular weight is 263 g/mol. The molecule has 104 valence electrons. The van der Waals surface area contributed by atoms with Gasteiger partial charge in [0, 0.05) is 32.4 Å². The largest absolute Gasteiger partial charge is 0.379 e. The SMILES string of the molecule is CC1(c2nccc(CN3CCOCC3)n2)CCCO1. The standard InChI is InChI=1S/C14H21N3O2/c1-14(4-2-8-19-14)13-15-5-3-12(16-13)11-17-6-9-18-10-7-17/h3,5H,2,4,6-11H2,1H3. The maximum Gasteiger partial charge on any atom is 0.160 e. The topological polar surface area (TPSA) is 47.5 Å². The van der Waals surface area contributed by atoms with E-state index in [4.69, 9.17) is 14.5 Å². The Kier molecular flexibility index (Phi) is 3.77. The highest BCUT2D eigenvalue weighted by Crippen LogP contribution is 2.33. The van der Waals surface area contributed by atoms with Gasteiger partial charge in [0.15, 0.2) is 5.82 Å². The fraction of sp³-hybridized carbons (Fsp3) is 0.714. The van der Waals surface area contributed by atoms with Gasteiger partial charge in [0.1, 0.15) is 5.60 Å². The van der Waals surface area contributed by atoms with E-state index < -0.39 is 0 Å². The molecule has 0 radical (unpaired) electrons. The molecule has 2 fully saturated rings. The van der Waals surface area contributed by atoms with Crippen LogP contribution in [0.25, 0.3) is 0 Å². The van der Waals surface area contributed by atoms with Gasteiger partial charge in [-0.3, -0.25) is 4.90 Å². The van der Waals surface area contributed by atoms with Gasteiger partial charge >= 0.3 is 0 Å². The third-order valence-electron chi connectivity index (χ3n) is 3.89. The molecule has 1 atom stereocenters. The first-order valence-electron chi connectivity index (χ1n) is 7.03. The van der Waals surface area contributed by atoms with Crippen molar-refractivity contribution < 1.29 is 9.47 Å². The van der Waals surface area contributed by atoms with Gasteiger partial charge in [-0.05, 0) is 25.8 Å². The summed E-state index contributed by atoms with van der Waals surface area (Å²) < 4.78 is 11.2. The minimum Gasteiger partial charge on any atom is -0.379 e. The molecule has 0 N–H and O–H groups in total. The van der Waals surface area contributed by atoms with Crippen molar-refractivity contribution in [2.75, 3.05) is 32.9 Å². The van der Waals surface area contributed by atoms with Crippen molar-refractivity contribution >= 4 is 0 Å². The number of hydrogen-bond donors (Lipinski definition) is 0. The Bertz CT molecular complexity index is 426. The summed E-state index contributed by atoms with van der Waals surface area (Å²) >= 11 is 0. The number of aromatic nitrogens is 2. The number of rotatable bonds is 3. The van der Waals surface area contributed by atoms with E-state index in [1.807, 2.05) is 12.3 Å². The molecule has 0 amide bonds. The fourth-order valence-corrected chi connectivity index (χ4v) is 2.68. The third-order valence-corrected chi connectivity index (χ3v) is 3.89. The lowest BCUT2D eigenvalue weighted by Crippen LogP contribution is -2.36. The van der Waals surface area contributed by atoms with Crippen LogP contribution in [0, 0.1) is 0 Å². The summed E-state index contributed by atoms with van der Waals surface area (Å²) in [6.07, 6.45) is 3.95. The van der Waals surface area contributed by atoms with Crippen LogP contribution >= 0.6 is 0 Å². The van der Waals surface area contributed by atoms with E-state index in [-0.39, 0.29) is 5.60 Å². The molecule has 0 bridgehead atoms. The first kappa shape index (κ1) is 13.0. The second-order valence-electron chi connectivity index (χ2n) is 5.44. The molecular formula is C14H21N3O2. The summed E-state index contributed by atoms with van der Waals surface area (Å²) in [6, 6.07) is 2.00. The van der Waals surface area contributed by atoms with Crippen molar-refractivity contribution in [3.63, 3.8) is 0 Å². The first-order valence-corrected chi connectivity index (χ1v) is 7.03. The van der Waals surface area contributed by atoms with Crippen molar-refractivity contribution in [1.82, 2.24) is 14.9 Å². The molecule has 2 aliphatic heterocycles. The molecule has 1 unspecified atom stereocenters. The van der Waals surface area contributed by atoms with Crippen molar-refractivity contribution in [2.45, 2.75) is 31.9 Å². The Morgan fingerprint density at radius 3 is 2.89 bits per heavy atom. The molecule has 5 nitrogen and oxygen atoms in total. The monoisotopic (exact) mass is 263 g/mol. The highest BCUT2D eigenvalue weighted by Gasteiger charge is 2.34. The van der Waals surface area contributed by atoms with Gasteiger partial charge in [0.2, 0.25) is 0 Å². The third kappa shape index (κ3) is 2.94. The highest BCUT2D eigenvalue weighted by atomic mass is 16.5. The van der Waals surface area contributed by atoms with Crippen LogP contribution < -0.4 is 0 Å². The highest BCUT2D eigenvalue weighted by molar-refractivity contribution is 5.09. The minimum atomic E-state index is -0.291. The second-order valence-corrected chi connectivity index (χ2v) is 5.44. The van der Waals surface area contributed by atoms with Gasteiger partial charge < -0.3 is 9.47 Å². The molecule has 0 spiro atoms. The van der Waals surface area contributed by atoms with E-state index in [2.05, 4.69) is 16.8 Å². The fourth-order valence-electron chi connectivity index (χ4n) is 2.68. The van der Waals surface area contributed by atoms with Crippen LogP contribution in [-0.4, -0.2) is 47.8 Å². The summed E-state index contributed by atoms with van der Waals surface area (Å²) in [4.78, 5) is 11.5. The molecule has 5 heteroatoms. The Morgan fingerprint density at radius 2 is 2.16 bits per heavy atom. The Hall–Kier alpha value is -1.04. The second kappa shape index (κ2) is 5.53. The molecule has 0 aliphatic carbocycles. The van der Waals surface area contributed by atoms with Crippen LogP contribution in [0.1, 0.15) is 31.3 Å². The van der Waals surface area contributed by atoms with Gasteiger partial charge in [-0.1, -0.05) is 0 Å². The van der Waals surface area contributed by atoms with Crippen LogP contribution in [0.5, 0.6) is 0 Å². The van der Waals surface area contributed by atoms with E-state index in [9.17, 15) is 0 Å². The Balaban J connectivity index is 1.72. The zero-order valence-corrected chi connectivity index (χ0v) is 11.5. The smallest absolute Gasteiger partial charge is 0.160 e. The van der Waals surface area contributed by atoms with E-state index in [0.717, 1.165) is 63.8 Å². The predicted molar refractivity (Wildman–Crippen MR) is 70.7 cm³/mol. The van der Waals surface area contributed by atoms with Gasteiger partial charge in [-0.15, -0.1) is 0 Å². The van der Waals surface area contributed by atoms with E-state index in [0.29, 0.717) is 0 Å². The Morgan fingerprint density at radius 1 is 1.32 bits per heavy atom. The van der Waals surface area contributed by atoms with Crippen LogP contribution in [0.15, 0.2) is 12.3 Å². The van der Waals surface area contributed by atoms with Crippen LogP contribution in [-0.2, 0) is 21.6 Å². The Labute approximate surface area is 113 Å². The predicted octanol–water partition coefficient (Wildman–Crippen LogP) is 1.33. The number of hydrogen-bond acceptors (Lipinski definition) is 5. The van der Waals surface area contributed by atoms with E-state index in [1.54, 1.807) is 0 Å². The number of morpholine rings is 1. The zero-order valence-electron chi connectivity index (χ0n) is 11.5. The first-order chi connectivity index (χ1) is 9.26. The number of nitrogens with zero attached hydrogens (tertiary/aromatic N) is 3. The zero-order chi connectivity index (χ0) is 13.1. The van der Waals surface area contributed by atoms with Gasteiger partial charge in [0.25, 0.3) is 0 Å². The molecule has 0 aromatic carbocycles. The molecule has 0 saturated carbocycles. The lowest BCUT2D eigenvalue weighted by Gasteiger charge is -2.27. The van der Waals surface area contributed by atoms with Gasteiger partial charge in [-0.2, -0.15) is 0 Å². The summed E-state index contributed by atoms with van der Waals surface area (Å²) in [5.41, 5.74) is 0.782. The lowest BCUT2D eigenvalue weighted by atomic mass is 10.0. The molecule has 3 rings (SSSR count). The van der Waals surface area contributed by atoms with Gasteiger partial charge in [-0.25, -0.2) is 9.97 Å². The summed E-state index contributed by atoms with van der Waals surface area (Å²) in [5.74, 6) is 0.829. The van der Waals surface area contributed by atoms with Crippen molar-refractivity contribution in [3.8, 4) is 0 Å². The molecule has 1 aromatic heterocycles. The van der Waals surface area contributed by atoms with Crippen LogP contribution in [0.3, 0.4) is 0 Å². The molecule has 2 aliphatic rings. The summed E-state index contributed by atoms with van der Waals surface area (Å²) in [5, 5.41) is 0. The van der Waals surface area contributed by atoms with E-state index in [1.165, 1.54) is 0 Å². The normalized spacial score (nSPS) is 28.7. The maximum absolute atomic E-state index is 5.81. The quantitative estimate of drug-likeness (QED) is 0.823.